The van der Waals surface area contributed by atoms with Crippen LogP contribution < -0.4 is 9.47 Å². The number of hydrogen-bond donors (Lipinski definition) is 1. The number of ether oxygens (including phenoxy) is 2. The maximum Gasteiger partial charge on any atom is 0.271 e. The van der Waals surface area contributed by atoms with Crippen LogP contribution in [0.3, 0.4) is 0 Å². The Morgan fingerprint density at radius 1 is 1.21 bits per heavy atom. The number of carbonyl (C=O) groups is 1. The number of aryl methyl sites for hydroxylation is 1. The van der Waals surface area contributed by atoms with Gasteiger partial charge in [-0.3, -0.25) is 14.6 Å². The molecule has 0 spiro atoms. The van der Waals surface area contributed by atoms with Crippen LogP contribution in [0.25, 0.3) is 11.3 Å². The van der Waals surface area contributed by atoms with Crippen molar-refractivity contribution in [3.05, 3.63) is 41.9 Å². The quantitative estimate of drug-likeness (QED) is 0.730. The Bertz CT molecular complexity index is 1040. The first-order valence-corrected chi connectivity index (χ1v) is 9.78. The SMILES string of the molecule is Cn1cc(C2CCCN(C(=O)c3cc(-c4ccc5c(c4)OCCO5)n[nH]3)C2)nn1. The number of nitrogens with zero attached hydrogens (tertiary/aromatic N) is 5. The van der Waals surface area contributed by atoms with Gasteiger partial charge >= 0.3 is 0 Å². The molecule has 0 aliphatic carbocycles. The highest BCUT2D eigenvalue weighted by Crippen LogP contribution is 2.34. The van der Waals surface area contributed by atoms with E-state index in [0.717, 1.165) is 36.4 Å². The van der Waals surface area contributed by atoms with Crippen LogP contribution in [0.4, 0.5) is 0 Å². The van der Waals surface area contributed by atoms with Crippen molar-refractivity contribution in [2.45, 2.75) is 18.8 Å². The van der Waals surface area contributed by atoms with E-state index in [1.54, 1.807) is 10.7 Å². The lowest BCUT2D eigenvalue weighted by atomic mass is 9.95. The summed E-state index contributed by atoms with van der Waals surface area (Å²) < 4.78 is 12.9. The largest absolute Gasteiger partial charge is 0.486 e. The lowest BCUT2D eigenvalue weighted by molar-refractivity contribution is 0.0700. The number of rotatable bonds is 3. The Morgan fingerprint density at radius 3 is 2.90 bits per heavy atom. The van der Waals surface area contributed by atoms with Gasteiger partial charge in [0.1, 0.15) is 18.9 Å². The number of carbonyl (C=O) groups excluding carboxylic acids is 1. The van der Waals surface area contributed by atoms with Gasteiger partial charge in [0.05, 0.1) is 11.4 Å². The van der Waals surface area contributed by atoms with Crippen molar-refractivity contribution in [1.82, 2.24) is 30.1 Å². The molecule has 2 aliphatic rings. The molecule has 1 amide bonds. The summed E-state index contributed by atoms with van der Waals surface area (Å²) in [5.41, 5.74) is 3.00. The molecular weight excluding hydrogens is 372 g/mol. The minimum absolute atomic E-state index is 0.0464. The average molecular weight is 394 g/mol. The molecule has 1 aromatic carbocycles. The lowest BCUT2D eigenvalue weighted by Gasteiger charge is -2.31. The van der Waals surface area contributed by atoms with E-state index in [1.165, 1.54) is 0 Å². The van der Waals surface area contributed by atoms with Gasteiger partial charge in [0.15, 0.2) is 11.5 Å². The highest BCUT2D eigenvalue weighted by atomic mass is 16.6. The Balaban J connectivity index is 1.33. The monoisotopic (exact) mass is 394 g/mol. The number of aromatic amines is 1. The second-order valence-corrected chi connectivity index (χ2v) is 7.43. The van der Waals surface area contributed by atoms with Crippen LogP contribution in [0.2, 0.25) is 0 Å². The number of aromatic nitrogens is 5. The average Bonchev–Trinajstić information content (AvgIpc) is 3.42. The Morgan fingerprint density at radius 2 is 2.07 bits per heavy atom. The summed E-state index contributed by atoms with van der Waals surface area (Å²) in [6.07, 6.45) is 3.87. The van der Waals surface area contributed by atoms with Gasteiger partial charge in [-0.1, -0.05) is 5.21 Å². The van der Waals surface area contributed by atoms with Crippen molar-refractivity contribution in [3.8, 4) is 22.8 Å². The van der Waals surface area contributed by atoms with E-state index < -0.39 is 0 Å². The van der Waals surface area contributed by atoms with Crippen LogP contribution >= 0.6 is 0 Å². The van der Waals surface area contributed by atoms with Crippen molar-refractivity contribution < 1.29 is 14.3 Å². The number of benzene rings is 1. The Labute approximate surface area is 167 Å². The zero-order valence-electron chi connectivity index (χ0n) is 16.2. The van der Waals surface area contributed by atoms with E-state index in [2.05, 4.69) is 20.5 Å². The summed E-state index contributed by atoms with van der Waals surface area (Å²) in [7, 11) is 1.85. The molecule has 4 heterocycles. The molecule has 1 fully saturated rings. The van der Waals surface area contributed by atoms with E-state index in [0.29, 0.717) is 36.9 Å². The maximum absolute atomic E-state index is 13.0. The van der Waals surface area contributed by atoms with Crippen LogP contribution in [-0.4, -0.2) is 62.3 Å². The molecule has 2 aliphatic heterocycles. The standard InChI is InChI=1S/C20H22N6O3/c1-25-12-17(23-24-25)14-3-2-6-26(11-14)20(27)16-10-15(21-22-16)13-4-5-18-19(9-13)29-8-7-28-18/h4-5,9-10,12,14H,2-3,6-8,11H2,1H3,(H,21,22). The highest BCUT2D eigenvalue weighted by molar-refractivity contribution is 5.93. The van der Waals surface area contributed by atoms with Gasteiger partial charge in [-0.05, 0) is 37.1 Å². The first-order chi connectivity index (χ1) is 14.2. The minimum Gasteiger partial charge on any atom is -0.486 e. The molecular formula is C20H22N6O3. The molecule has 0 bridgehead atoms. The number of likely N-dealkylation sites (tertiary alicyclic amines) is 1. The Hall–Kier alpha value is -3.36. The number of H-pyrrole nitrogens is 1. The second-order valence-electron chi connectivity index (χ2n) is 7.43. The number of hydrogen-bond acceptors (Lipinski definition) is 6. The molecule has 2 aromatic heterocycles. The molecule has 1 N–H and O–H groups in total. The number of fused-ring (bicyclic) bond motifs is 1. The zero-order valence-corrected chi connectivity index (χ0v) is 16.2. The molecule has 1 atom stereocenters. The molecule has 0 radical (unpaired) electrons. The van der Waals surface area contributed by atoms with Crippen molar-refractivity contribution in [1.29, 1.82) is 0 Å². The smallest absolute Gasteiger partial charge is 0.271 e. The fourth-order valence-electron chi connectivity index (χ4n) is 3.91. The molecule has 1 unspecified atom stereocenters. The van der Waals surface area contributed by atoms with Crippen molar-refractivity contribution in [2.24, 2.45) is 7.05 Å². The van der Waals surface area contributed by atoms with Crippen LogP contribution in [0.15, 0.2) is 30.5 Å². The minimum atomic E-state index is -0.0464. The fourth-order valence-corrected chi connectivity index (χ4v) is 3.91. The summed E-state index contributed by atoms with van der Waals surface area (Å²) in [6, 6.07) is 7.47. The van der Waals surface area contributed by atoms with Crippen molar-refractivity contribution >= 4 is 5.91 Å². The van der Waals surface area contributed by atoms with Gasteiger partial charge in [0.25, 0.3) is 5.91 Å². The summed E-state index contributed by atoms with van der Waals surface area (Å²) in [4.78, 5) is 14.9. The van der Waals surface area contributed by atoms with Crippen LogP contribution in [-0.2, 0) is 7.05 Å². The van der Waals surface area contributed by atoms with Gasteiger partial charge in [-0.15, -0.1) is 5.10 Å². The van der Waals surface area contributed by atoms with E-state index in [9.17, 15) is 4.79 Å². The normalized spacial score (nSPS) is 18.7. The predicted molar refractivity (Wildman–Crippen MR) is 104 cm³/mol. The summed E-state index contributed by atoms with van der Waals surface area (Å²) in [5.74, 6) is 1.60. The Kier molecular flexibility index (Phi) is 4.42. The highest BCUT2D eigenvalue weighted by Gasteiger charge is 2.28. The van der Waals surface area contributed by atoms with Gasteiger partial charge in [-0.2, -0.15) is 5.10 Å². The number of amides is 1. The third-order valence-corrected chi connectivity index (χ3v) is 5.39. The predicted octanol–water partition coefficient (Wildman–Crippen LogP) is 2.00. The number of piperidine rings is 1. The summed E-state index contributed by atoms with van der Waals surface area (Å²) in [6.45, 7) is 2.45. The van der Waals surface area contributed by atoms with Crippen molar-refractivity contribution in [2.75, 3.05) is 26.3 Å². The van der Waals surface area contributed by atoms with E-state index in [1.807, 2.05) is 36.3 Å². The summed E-state index contributed by atoms with van der Waals surface area (Å²) >= 11 is 0. The van der Waals surface area contributed by atoms with Gasteiger partial charge < -0.3 is 14.4 Å². The molecule has 0 saturated carbocycles. The van der Waals surface area contributed by atoms with Gasteiger partial charge in [0, 0.05) is 37.8 Å². The second kappa shape index (κ2) is 7.23. The fraction of sp³-hybridized carbons (Fsp3) is 0.400. The first-order valence-electron chi connectivity index (χ1n) is 9.78. The van der Waals surface area contributed by atoms with Gasteiger partial charge in [0.2, 0.25) is 0 Å². The van der Waals surface area contributed by atoms with Crippen molar-refractivity contribution in [3.63, 3.8) is 0 Å². The third-order valence-electron chi connectivity index (χ3n) is 5.39. The molecule has 9 heteroatoms. The molecule has 1 saturated heterocycles. The first kappa shape index (κ1) is 17.7. The molecule has 3 aromatic rings. The molecule has 9 nitrogen and oxygen atoms in total. The third kappa shape index (κ3) is 3.43. The van der Waals surface area contributed by atoms with Gasteiger partial charge in [-0.25, -0.2) is 0 Å². The molecule has 29 heavy (non-hydrogen) atoms. The van der Waals surface area contributed by atoms with E-state index in [4.69, 9.17) is 9.47 Å². The summed E-state index contributed by atoms with van der Waals surface area (Å²) in [5, 5.41) is 15.5. The van der Waals surface area contributed by atoms with E-state index in [-0.39, 0.29) is 11.8 Å². The number of nitrogens with one attached hydrogen (secondary N) is 1. The topological polar surface area (TPSA) is 98.2 Å². The molecule has 5 rings (SSSR count). The van der Waals surface area contributed by atoms with Crippen LogP contribution in [0.1, 0.15) is 34.9 Å². The lowest BCUT2D eigenvalue weighted by Crippen LogP contribution is -2.39. The van der Waals surface area contributed by atoms with E-state index >= 15 is 0 Å². The zero-order chi connectivity index (χ0) is 19.8. The molecule has 150 valence electrons. The van der Waals surface area contributed by atoms with Crippen LogP contribution in [0, 0.1) is 0 Å². The maximum atomic E-state index is 13.0. The van der Waals surface area contributed by atoms with Crippen LogP contribution in [0.5, 0.6) is 11.5 Å².